The van der Waals surface area contributed by atoms with Crippen molar-refractivity contribution in [1.29, 1.82) is 0 Å². The predicted molar refractivity (Wildman–Crippen MR) is 51.3 cm³/mol. The summed E-state index contributed by atoms with van der Waals surface area (Å²) in [5.74, 6) is 0.741. The van der Waals surface area contributed by atoms with Crippen LogP contribution in [0, 0.1) is 0 Å². The SMILES string of the molecule is NCC(F)c1ccc(C2CC2)cc1. The highest BCUT2D eigenvalue weighted by Crippen LogP contribution is 2.40. The highest BCUT2D eigenvalue weighted by molar-refractivity contribution is 5.29. The van der Waals surface area contributed by atoms with Gasteiger partial charge in [-0.05, 0) is 29.9 Å². The molecule has 0 heterocycles. The van der Waals surface area contributed by atoms with Crippen LogP contribution in [-0.2, 0) is 0 Å². The van der Waals surface area contributed by atoms with Crippen LogP contribution in [0.2, 0.25) is 0 Å². The summed E-state index contributed by atoms with van der Waals surface area (Å²) >= 11 is 0. The van der Waals surface area contributed by atoms with Gasteiger partial charge < -0.3 is 5.73 Å². The molecule has 1 nitrogen and oxygen atoms in total. The lowest BCUT2D eigenvalue weighted by Gasteiger charge is -2.05. The predicted octanol–water partition coefficient (Wildman–Crippen LogP) is 2.53. The summed E-state index contributed by atoms with van der Waals surface area (Å²) in [5, 5.41) is 0. The first-order valence-corrected chi connectivity index (χ1v) is 4.75. The molecule has 1 aliphatic rings. The topological polar surface area (TPSA) is 26.0 Å². The number of hydrogen-bond donors (Lipinski definition) is 1. The van der Waals surface area contributed by atoms with Gasteiger partial charge in [0.25, 0.3) is 0 Å². The summed E-state index contributed by atoms with van der Waals surface area (Å²) < 4.78 is 13.1. The van der Waals surface area contributed by atoms with E-state index in [9.17, 15) is 4.39 Å². The fourth-order valence-corrected chi connectivity index (χ4v) is 1.53. The summed E-state index contributed by atoms with van der Waals surface area (Å²) in [4.78, 5) is 0. The molecule has 13 heavy (non-hydrogen) atoms. The van der Waals surface area contributed by atoms with Crippen LogP contribution in [0.3, 0.4) is 0 Å². The number of halogens is 1. The summed E-state index contributed by atoms with van der Waals surface area (Å²) in [6.45, 7) is 0.0722. The standard InChI is InChI=1S/C11H14FN/c12-11(7-13)10-5-3-9(4-6-10)8-1-2-8/h3-6,8,11H,1-2,7,13H2. The average molecular weight is 179 g/mol. The van der Waals surface area contributed by atoms with Crippen LogP contribution in [0.5, 0.6) is 0 Å². The summed E-state index contributed by atoms with van der Waals surface area (Å²) in [5.41, 5.74) is 7.28. The Morgan fingerprint density at radius 3 is 2.38 bits per heavy atom. The first-order chi connectivity index (χ1) is 6.31. The second-order valence-electron chi connectivity index (χ2n) is 3.64. The van der Waals surface area contributed by atoms with Crippen molar-refractivity contribution in [3.63, 3.8) is 0 Å². The van der Waals surface area contributed by atoms with Gasteiger partial charge in [-0.1, -0.05) is 24.3 Å². The van der Waals surface area contributed by atoms with Gasteiger partial charge in [0.2, 0.25) is 0 Å². The van der Waals surface area contributed by atoms with Crippen molar-refractivity contribution in [2.75, 3.05) is 6.54 Å². The van der Waals surface area contributed by atoms with Crippen molar-refractivity contribution in [3.8, 4) is 0 Å². The minimum atomic E-state index is -1.01. The normalized spacial score (nSPS) is 18.6. The van der Waals surface area contributed by atoms with Gasteiger partial charge in [0, 0.05) is 6.54 Å². The number of nitrogens with two attached hydrogens (primary N) is 1. The maximum atomic E-state index is 13.1. The van der Waals surface area contributed by atoms with Gasteiger partial charge in [-0.2, -0.15) is 0 Å². The molecule has 0 radical (unpaired) electrons. The van der Waals surface area contributed by atoms with E-state index in [1.165, 1.54) is 18.4 Å². The molecular weight excluding hydrogens is 165 g/mol. The van der Waals surface area contributed by atoms with Crippen LogP contribution in [0.25, 0.3) is 0 Å². The maximum Gasteiger partial charge on any atom is 0.137 e. The Kier molecular flexibility index (Phi) is 2.32. The van der Waals surface area contributed by atoms with Gasteiger partial charge in [0.1, 0.15) is 6.17 Å². The Morgan fingerprint density at radius 1 is 1.31 bits per heavy atom. The van der Waals surface area contributed by atoms with Gasteiger partial charge in [0.15, 0.2) is 0 Å². The van der Waals surface area contributed by atoms with Crippen molar-refractivity contribution in [1.82, 2.24) is 0 Å². The molecule has 1 aromatic carbocycles. The molecule has 0 aromatic heterocycles. The molecule has 0 aliphatic heterocycles. The Morgan fingerprint density at radius 2 is 1.92 bits per heavy atom. The van der Waals surface area contributed by atoms with Crippen molar-refractivity contribution < 1.29 is 4.39 Å². The largest absolute Gasteiger partial charge is 0.327 e. The van der Waals surface area contributed by atoms with E-state index in [1.807, 2.05) is 24.3 Å². The number of hydrogen-bond acceptors (Lipinski definition) is 1. The zero-order valence-electron chi connectivity index (χ0n) is 7.54. The molecule has 1 aromatic rings. The van der Waals surface area contributed by atoms with Gasteiger partial charge in [0.05, 0.1) is 0 Å². The number of benzene rings is 1. The molecule has 1 aliphatic carbocycles. The van der Waals surface area contributed by atoms with E-state index in [0.29, 0.717) is 5.56 Å². The summed E-state index contributed by atoms with van der Waals surface area (Å²) in [6, 6.07) is 7.75. The van der Waals surface area contributed by atoms with E-state index in [0.717, 1.165) is 5.92 Å². The molecule has 1 saturated carbocycles. The van der Waals surface area contributed by atoms with E-state index in [1.54, 1.807) is 0 Å². The van der Waals surface area contributed by atoms with Gasteiger partial charge in [-0.25, -0.2) is 4.39 Å². The lowest BCUT2D eigenvalue weighted by atomic mass is 10.1. The van der Waals surface area contributed by atoms with Crippen molar-refractivity contribution >= 4 is 0 Å². The van der Waals surface area contributed by atoms with Gasteiger partial charge in [-0.3, -0.25) is 0 Å². The fourth-order valence-electron chi connectivity index (χ4n) is 1.53. The monoisotopic (exact) mass is 179 g/mol. The third-order valence-electron chi connectivity index (χ3n) is 2.55. The second kappa shape index (κ2) is 3.46. The van der Waals surface area contributed by atoms with Crippen LogP contribution in [0.4, 0.5) is 4.39 Å². The van der Waals surface area contributed by atoms with Crippen molar-refractivity contribution in [3.05, 3.63) is 35.4 Å². The van der Waals surface area contributed by atoms with E-state index in [-0.39, 0.29) is 6.54 Å². The van der Waals surface area contributed by atoms with Crippen LogP contribution >= 0.6 is 0 Å². The molecular formula is C11H14FN. The van der Waals surface area contributed by atoms with E-state index in [2.05, 4.69) is 0 Å². The molecule has 70 valence electrons. The summed E-state index contributed by atoms with van der Waals surface area (Å²) in [6.07, 6.45) is 1.57. The lowest BCUT2D eigenvalue weighted by molar-refractivity contribution is 0.353. The molecule has 2 N–H and O–H groups in total. The van der Waals surface area contributed by atoms with E-state index < -0.39 is 6.17 Å². The zero-order valence-corrected chi connectivity index (χ0v) is 7.54. The molecule has 1 atom stereocenters. The van der Waals surface area contributed by atoms with Crippen LogP contribution in [-0.4, -0.2) is 6.54 Å². The van der Waals surface area contributed by atoms with Crippen LogP contribution in [0.1, 0.15) is 36.1 Å². The quantitative estimate of drug-likeness (QED) is 0.758. The Balaban J connectivity index is 2.12. The molecule has 0 saturated heterocycles. The molecule has 2 heteroatoms. The Labute approximate surface area is 77.8 Å². The zero-order chi connectivity index (χ0) is 9.26. The molecule has 2 rings (SSSR count). The smallest absolute Gasteiger partial charge is 0.137 e. The van der Waals surface area contributed by atoms with Crippen molar-refractivity contribution in [2.45, 2.75) is 24.9 Å². The molecule has 1 fully saturated rings. The highest BCUT2D eigenvalue weighted by atomic mass is 19.1. The van der Waals surface area contributed by atoms with Crippen LogP contribution in [0.15, 0.2) is 24.3 Å². The number of alkyl halides is 1. The minimum Gasteiger partial charge on any atom is -0.327 e. The van der Waals surface area contributed by atoms with Gasteiger partial charge >= 0.3 is 0 Å². The minimum absolute atomic E-state index is 0.0722. The lowest BCUT2D eigenvalue weighted by Crippen LogP contribution is -2.07. The highest BCUT2D eigenvalue weighted by Gasteiger charge is 2.23. The molecule has 1 unspecified atom stereocenters. The second-order valence-corrected chi connectivity index (χ2v) is 3.64. The summed E-state index contributed by atoms with van der Waals surface area (Å²) in [7, 11) is 0. The first kappa shape index (κ1) is 8.70. The van der Waals surface area contributed by atoms with Crippen molar-refractivity contribution in [2.24, 2.45) is 5.73 Å². The van der Waals surface area contributed by atoms with Crippen LogP contribution < -0.4 is 5.73 Å². The van der Waals surface area contributed by atoms with Gasteiger partial charge in [-0.15, -0.1) is 0 Å². The third-order valence-corrected chi connectivity index (χ3v) is 2.55. The average Bonchev–Trinajstić information content (AvgIpc) is 3.00. The Hall–Kier alpha value is -0.890. The fraction of sp³-hybridized carbons (Fsp3) is 0.455. The van der Waals surface area contributed by atoms with E-state index in [4.69, 9.17) is 5.73 Å². The molecule has 0 amide bonds. The Bertz CT molecular complexity index is 277. The third kappa shape index (κ3) is 1.89. The maximum absolute atomic E-state index is 13.1. The van der Waals surface area contributed by atoms with E-state index >= 15 is 0 Å². The number of rotatable bonds is 3. The first-order valence-electron chi connectivity index (χ1n) is 4.75. The molecule has 0 bridgehead atoms. The molecule has 0 spiro atoms.